The van der Waals surface area contributed by atoms with Crippen molar-refractivity contribution in [3.8, 4) is 5.75 Å². The number of carbonyl (C=O) groups excluding carboxylic acids is 2. The van der Waals surface area contributed by atoms with E-state index in [4.69, 9.17) is 4.74 Å². The van der Waals surface area contributed by atoms with Gasteiger partial charge in [-0.25, -0.2) is 4.99 Å². The Balaban J connectivity index is 1.57. The summed E-state index contributed by atoms with van der Waals surface area (Å²) in [4.78, 5) is 31.2. The maximum atomic E-state index is 12.3. The summed E-state index contributed by atoms with van der Waals surface area (Å²) in [6.45, 7) is 8.70. The van der Waals surface area contributed by atoms with Gasteiger partial charge in [-0.15, -0.1) is 0 Å². The van der Waals surface area contributed by atoms with Gasteiger partial charge in [-0.3, -0.25) is 14.9 Å². The van der Waals surface area contributed by atoms with E-state index >= 15 is 0 Å². The fraction of sp³-hybridized carbons (Fsp3) is 0.550. The van der Waals surface area contributed by atoms with E-state index in [2.05, 4.69) is 34.4 Å². The summed E-state index contributed by atoms with van der Waals surface area (Å²) in [6.07, 6.45) is 1.22. The molecule has 0 saturated carbocycles. The summed E-state index contributed by atoms with van der Waals surface area (Å²) < 4.78 is 5.38. The second-order valence-electron chi connectivity index (χ2n) is 7.52. The summed E-state index contributed by atoms with van der Waals surface area (Å²) in [6, 6.07) is 6.49. The average Bonchev–Trinajstić information content (AvgIpc) is 2.97. The van der Waals surface area contributed by atoms with Gasteiger partial charge in [0.05, 0.1) is 13.0 Å². The highest BCUT2D eigenvalue weighted by Gasteiger charge is 2.33. The number of hydrogen-bond donors (Lipinski definition) is 2. The van der Waals surface area contributed by atoms with E-state index in [9.17, 15) is 9.59 Å². The summed E-state index contributed by atoms with van der Waals surface area (Å²) in [5, 5.41) is 5.66. The molecule has 1 saturated heterocycles. The zero-order valence-corrected chi connectivity index (χ0v) is 16.2. The van der Waals surface area contributed by atoms with Crippen molar-refractivity contribution in [1.29, 1.82) is 0 Å². The van der Waals surface area contributed by atoms with Crippen molar-refractivity contribution in [1.82, 2.24) is 10.2 Å². The smallest absolute Gasteiger partial charge is 0.252 e. The van der Waals surface area contributed by atoms with Crippen LogP contribution in [-0.4, -0.2) is 48.4 Å². The molecule has 2 N–H and O–H groups in total. The molecule has 3 atom stereocenters. The monoisotopic (exact) mass is 372 g/mol. The molecule has 7 heteroatoms. The molecule has 27 heavy (non-hydrogen) atoms. The van der Waals surface area contributed by atoms with E-state index in [0.717, 1.165) is 18.8 Å². The average molecular weight is 372 g/mol. The first-order chi connectivity index (χ1) is 12.9. The van der Waals surface area contributed by atoms with Crippen molar-refractivity contribution >= 4 is 23.5 Å². The third-order valence-corrected chi connectivity index (χ3v) is 4.81. The standard InChI is InChI=1S/C20H28N4O3/c1-4-27-16-7-5-15(6-8-16)21-18(25)10-17-19(26)23-20(22-17)24-11-13(2)9-14(3)12-24/h5-8,13-14,17H,4,9-12H2,1-3H3,(H,21,25)(H,22,23,26)/t13-,14-,17+/m1/s1. The molecule has 3 rings (SSSR count). The van der Waals surface area contributed by atoms with Gasteiger partial charge in [-0.1, -0.05) is 13.8 Å². The lowest BCUT2D eigenvalue weighted by molar-refractivity contribution is -0.124. The number of anilines is 1. The van der Waals surface area contributed by atoms with Gasteiger partial charge in [0, 0.05) is 18.8 Å². The number of ether oxygens (including phenoxy) is 1. The lowest BCUT2D eigenvalue weighted by Gasteiger charge is -2.35. The maximum absolute atomic E-state index is 12.3. The Bertz CT molecular complexity index is 706. The minimum atomic E-state index is -0.671. The van der Waals surface area contributed by atoms with Crippen LogP contribution in [0.2, 0.25) is 0 Å². The van der Waals surface area contributed by atoms with Crippen LogP contribution < -0.4 is 15.4 Å². The molecule has 0 radical (unpaired) electrons. The molecule has 0 spiro atoms. The Morgan fingerprint density at radius 2 is 1.93 bits per heavy atom. The summed E-state index contributed by atoms with van der Waals surface area (Å²) in [5.41, 5.74) is 0.671. The first kappa shape index (κ1) is 19.2. The molecule has 0 unspecified atom stereocenters. The van der Waals surface area contributed by atoms with Crippen LogP contribution in [0.15, 0.2) is 29.3 Å². The van der Waals surface area contributed by atoms with E-state index in [1.165, 1.54) is 6.42 Å². The fourth-order valence-electron chi connectivity index (χ4n) is 3.76. The van der Waals surface area contributed by atoms with Gasteiger partial charge in [0.25, 0.3) is 5.91 Å². The normalized spacial score (nSPS) is 25.0. The van der Waals surface area contributed by atoms with Crippen LogP contribution in [0.4, 0.5) is 5.69 Å². The molecular formula is C20H28N4O3. The number of carbonyl (C=O) groups is 2. The number of likely N-dealkylation sites (tertiary alicyclic amines) is 1. The first-order valence-corrected chi connectivity index (χ1v) is 9.61. The number of piperidine rings is 1. The van der Waals surface area contributed by atoms with Gasteiger partial charge in [0.15, 0.2) is 0 Å². The van der Waals surface area contributed by atoms with Crippen LogP contribution >= 0.6 is 0 Å². The zero-order valence-electron chi connectivity index (χ0n) is 16.2. The number of guanidine groups is 1. The lowest BCUT2D eigenvalue weighted by atomic mass is 9.92. The highest BCUT2D eigenvalue weighted by atomic mass is 16.5. The van der Waals surface area contributed by atoms with Gasteiger partial charge in [-0.05, 0) is 49.4 Å². The van der Waals surface area contributed by atoms with Crippen molar-refractivity contribution in [3.63, 3.8) is 0 Å². The molecule has 7 nitrogen and oxygen atoms in total. The Labute approximate surface area is 160 Å². The number of benzene rings is 1. The van der Waals surface area contributed by atoms with Crippen molar-refractivity contribution in [2.24, 2.45) is 16.8 Å². The minimum Gasteiger partial charge on any atom is -0.494 e. The number of nitrogens with one attached hydrogen (secondary N) is 2. The molecule has 1 fully saturated rings. The molecular weight excluding hydrogens is 344 g/mol. The minimum absolute atomic E-state index is 0.0293. The zero-order chi connectivity index (χ0) is 19.4. The van der Waals surface area contributed by atoms with Crippen molar-refractivity contribution in [2.45, 2.75) is 39.7 Å². The molecule has 0 aliphatic carbocycles. The molecule has 1 aromatic carbocycles. The third-order valence-electron chi connectivity index (χ3n) is 4.81. The Hall–Kier alpha value is -2.57. The second kappa shape index (κ2) is 8.41. The van der Waals surface area contributed by atoms with E-state index in [0.29, 0.717) is 30.1 Å². The molecule has 146 valence electrons. The topological polar surface area (TPSA) is 83.0 Å². The van der Waals surface area contributed by atoms with Gasteiger partial charge in [-0.2, -0.15) is 0 Å². The maximum Gasteiger partial charge on any atom is 0.252 e. The quantitative estimate of drug-likeness (QED) is 0.830. The third kappa shape index (κ3) is 4.99. The van der Waals surface area contributed by atoms with Crippen LogP contribution in [0.25, 0.3) is 0 Å². The summed E-state index contributed by atoms with van der Waals surface area (Å²) in [7, 11) is 0. The number of rotatable bonds is 5. The van der Waals surface area contributed by atoms with E-state index < -0.39 is 6.04 Å². The van der Waals surface area contributed by atoms with Crippen molar-refractivity contribution in [2.75, 3.05) is 25.0 Å². The van der Waals surface area contributed by atoms with Crippen LogP contribution in [0, 0.1) is 11.8 Å². The van der Waals surface area contributed by atoms with Gasteiger partial charge < -0.3 is 15.0 Å². The van der Waals surface area contributed by atoms with E-state index in [1.807, 2.05) is 6.92 Å². The molecule has 2 aliphatic heterocycles. The van der Waals surface area contributed by atoms with Gasteiger partial charge >= 0.3 is 0 Å². The number of hydrogen-bond acceptors (Lipinski definition) is 5. The highest BCUT2D eigenvalue weighted by Crippen LogP contribution is 2.22. The summed E-state index contributed by atoms with van der Waals surface area (Å²) >= 11 is 0. The largest absolute Gasteiger partial charge is 0.494 e. The first-order valence-electron chi connectivity index (χ1n) is 9.61. The van der Waals surface area contributed by atoms with Crippen molar-refractivity contribution in [3.05, 3.63) is 24.3 Å². The second-order valence-corrected chi connectivity index (χ2v) is 7.52. The lowest BCUT2D eigenvalue weighted by Crippen LogP contribution is -2.47. The molecule has 0 bridgehead atoms. The Kier molecular flexibility index (Phi) is 5.98. The van der Waals surface area contributed by atoms with Crippen molar-refractivity contribution < 1.29 is 14.3 Å². The predicted octanol–water partition coefficient (Wildman–Crippen LogP) is 2.25. The fourth-order valence-corrected chi connectivity index (χ4v) is 3.76. The van der Waals surface area contributed by atoms with E-state index in [-0.39, 0.29) is 18.2 Å². The number of aliphatic imine (C=N–C) groups is 1. The SMILES string of the molecule is CCOc1ccc(NC(=O)C[C@@H]2N=C(N3C[C@H](C)C[C@@H](C)C3)NC2=O)cc1. The molecule has 0 aromatic heterocycles. The van der Waals surface area contributed by atoms with Gasteiger partial charge in [0.2, 0.25) is 11.9 Å². The van der Waals surface area contributed by atoms with Crippen LogP contribution in [-0.2, 0) is 9.59 Å². The Morgan fingerprint density at radius 3 is 2.56 bits per heavy atom. The summed E-state index contributed by atoms with van der Waals surface area (Å²) in [5.74, 6) is 2.05. The Morgan fingerprint density at radius 1 is 1.26 bits per heavy atom. The van der Waals surface area contributed by atoms with Crippen LogP contribution in [0.3, 0.4) is 0 Å². The van der Waals surface area contributed by atoms with Gasteiger partial charge in [0.1, 0.15) is 11.8 Å². The van der Waals surface area contributed by atoms with Crippen LogP contribution in [0.5, 0.6) is 5.75 Å². The predicted molar refractivity (Wildman–Crippen MR) is 105 cm³/mol. The number of nitrogens with zero attached hydrogens (tertiary/aromatic N) is 2. The molecule has 2 amide bonds. The van der Waals surface area contributed by atoms with E-state index in [1.54, 1.807) is 24.3 Å². The van der Waals surface area contributed by atoms with Crippen LogP contribution in [0.1, 0.15) is 33.6 Å². The highest BCUT2D eigenvalue weighted by molar-refractivity contribution is 6.07. The molecule has 1 aromatic rings. The molecule has 2 heterocycles. The number of amides is 2. The molecule has 2 aliphatic rings.